The molecule has 2 heterocycles. The molecule has 2 rings (SSSR count). The van der Waals surface area contributed by atoms with Crippen molar-refractivity contribution < 1.29 is 4.74 Å². The van der Waals surface area contributed by atoms with Crippen LogP contribution < -0.4 is 0 Å². The molecule has 1 aliphatic rings. The third-order valence-corrected chi connectivity index (χ3v) is 4.25. The van der Waals surface area contributed by atoms with E-state index in [1.807, 2.05) is 11.3 Å². The summed E-state index contributed by atoms with van der Waals surface area (Å²) >= 11 is 1.91. The van der Waals surface area contributed by atoms with Gasteiger partial charge in [0.2, 0.25) is 0 Å². The van der Waals surface area contributed by atoms with Gasteiger partial charge in [-0.1, -0.05) is 0 Å². The van der Waals surface area contributed by atoms with Gasteiger partial charge in [0.25, 0.3) is 0 Å². The van der Waals surface area contributed by atoms with Crippen molar-refractivity contribution in [1.29, 1.82) is 0 Å². The number of nitrogens with zero attached hydrogens (tertiary/aromatic N) is 2. The lowest BCUT2D eigenvalue weighted by molar-refractivity contribution is 0.0375. The molecule has 1 fully saturated rings. The largest absolute Gasteiger partial charge is 0.379 e. The summed E-state index contributed by atoms with van der Waals surface area (Å²) in [5.41, 5.74) is 1.45. The molecule has 0 spiro atoms. The average Bonchev–Trinajstić information content (AvgIpc) is 2.77. The Morgan fingerprint density at radius 2 is 2.11 bits per heavy atom. The summed E-state index contributed by atoms with van der Waals surface area (Å²) in [4.78, 5) is 6.26. The van der Waals surface area contributed by atoms with Gasteiger partial charge in [-0.05, 0) is 50.5 Å². The summed E-state index contributed by atoms with van der Waals surface area (Å²) in [6.45, 7) is 6.30. The number of hydrogen-bond donors (Lipinski definition) is 0. The molecule has 1 aliphatic heterocycles. The Labute approximate surface area is 114 Å². The standard InChI is InChI=1S/C14H24N2OS/c1-15(2)11-13-10-14(18-12-13)4-3-5-16-6-8-17-9-7-16/h10,12H,3-9,11H2,1-2H3. The highest BCUT2D eigenvalue weighted by molar-refractivity contribution is 7.10. The Morgan fingerprint density at radius 1 is 1.33 bits per heavy atom. The van der Waals surface area contributed by atoms with Gasteiger partial charge < -0.3 is 9.64 Å². The second-order valence-corrected chi connectivity index (χ2v) is 6.21. The minimum atomic E-state index is 0.909. The normalized spacial score (nSPS) is 17.5. The van der Waals surface area contributed by atoms with Gasteiger partial charge in [-0.3, -0.25) is 4.90 Å². The van der Waals surface area contributed by atoms with Gasteiger partial charge in [-0.2, -0.15) is 0 Å². The quantitative estimate of drug-likeness (QED) is 0.785. The van der Waals surface area contributed by atoms with E-state index in [2.05, 4.69) is 35.3 Å². The van der Waals surface area contributed by atoms with Crippen molar-refractivity contribution in [2.45, 2.75) is 19.4 Å². The maximum atomic E-state index is 5.36. The maximum absolute atomic E-state index is 5.36. The van der Waals surface area contributed by atoms with Crippen LogP contribution in [-0.2, 0) is 17.7 Å². The highest BCUT2D eigenvalue weighted by atomic mass is 32.1. The predicted octanol–water partition coefficient (Wildman–Crippen LogP) is 2.07. The molecule has 0 bridgehead atoms. The van der Waals surface area contributed by atoms with Gasteiger partial charge >= 0.3 is 0 Å². The van der Waals surface area contributed by atoms with E-state index in [1.165, 1.54) is 29.8 Å². The molecule has 1 saturated heterocycles. The molecule has 1 aromatic rings. The smallest absolute Gasteiger partial charge is 0.0594 e. The molecule has 3 nitrogen and oxygen atoms in total. The summed E-state index contributed by atoms with van der Waals surface area (Å²) in [7, 11) is 4.24. The lowest BCUT2D eigenvalue weighted by Gasteiger charge is -2.26. The van der Waals surface area contributed by atoms with E-state index in [1.54, 1.807) is 0 Å². The minimum Gasteiger partial charge on any atom is -0.379 e. The van der Waals surface area contributed by atoms with Crippen molar-refractivity contribution in [2.75, 3.05) is 46.9 Å². The third-order valence-electron chi connectivity index (χ3n) is 3.21. The molecule has 4 heteroatoms. The second-order valence-electron chi connectivity index (χ2n) is 5.22. The molecule has 0 unspecified atom stereocenters. The van der Waals surface area contributed by atoms with Crippen molar-refractivity contribution in [1.82, 2.24) is 9.80 Å². The van der Waals surface area contributed by atoms with Crippen LogP contribution in [0.15, 0.2) is 11.4 Å². The third kappa shape index (κ3) is 4.69. The molecule has 0 amide bonds. The Hall–Kier alpha value is -0.420. The first-order valence-electron chi connectivity index (χ1n) is 6.75. The fourth-order valence-corrected chi connectivity index (χ4v) is 3.23. The molecule has 1 aromatic heterocycles. The topological polar surface area (TPSA) is 15.7 Å². The Bertz CT molecular complexity index is 345. The second kappa shape index (κ2) is 7.24. The number of ether oxygens (including phenoxy) is 1. The lowest BCUT2D eigenvalue weighted by atomic mass is 10.2. The van der Waals surface area contributed by atoms with E-state index < -0.39 is 0 Å². The number of morpholine rings is 1. The first-order chi connectivity index (χ1) is 8.74. The summed E-state index contributed by atoms with van der Waals surface area (Å²) < 4.78 is 5.36. The van der Waals surface area contributed by atoms with Gasteiger partial charge in [-0.25, -0.2) is 0 Å². The molecule has 18 heavy (non-hydrogen) atoms. The molecular weight excluding hydrogens is 244 g/mol. The van der Waals surface area contributed by atoms with Crippen LogP contribution in [0.5, 0.6) is 0 Å². The highest BCUT2D eigenvalue weighted by Gasteiger charge is 2.09. The number of aryl methyl sites for hydroxylation is 1. The SMILES string of the molecule is CN(C)Cc1csc(CCCN2CCOCC2)c1. The van der Waals surface area contributed by atoms with Crippen LogP contribution in [0.2, 0.25) is 0 Å². The molecule has 0 saturated carbocycles. The maximum Gasteiger partial charge on any atom is 0.0594 e. The molecule has 102 valence electrons. The van der Waals surface area contributed by atoms with Gasteiger partial charge in [0.1, 0.15) is 0 Å². The lowest BCUT2D eigenvalue weighted by Crippen LogP contribution is -2.36. The van der Waals surface area contributed by atoms with Crippen molar-refractivity contribution in [2.24, 2.45) is 0 Å². The molecule has 0 aliphatic carbocycles. The van der Waals surface area contributed by atoms with Crippen LogP contribution >= 0.6 is 11.3 Å². The average molecular weight is 268 g/mol. The summed E-state index contributed by atoms with van der Waals surface area (Å²) in [6.07, 6.45) is 2.48. The first-order valence-corrected chi connectivity index (χ1v) is 7.63. The van der Waals surface area contributed by atoms with E-state index in [4.69, 9.17) is 4.74 Å². The zero-order valence-corrected chi connectivity index (χ0v) is 12.3. The highest BCUT2D eigenvalue weighted by Crippen LogP contribution is 2.17. The van der Waals surface area contributed by atoms with Gasteiger partial charge in [0.05, 0.1) is 13.2 Å². The van der Waals surface area contributed by atoms with Gasteiger partial charge in [-0.15, -0.1) is 11.3 Å². The van der Waals surface area contributed by atoms with Crippen LogP contribution in [0.1, 0.15) is 16.9 Å². The summed E-state index contributed by atoms with van der Waals surface area (Å²) in [5.74, 6) is 0. The van der Waals surface area contributed by atoms with Crippen LogP contribution in [0.25, 0.3) is 0 Å². The Morgan fingerprint density at radius 3 is 2.83 bits per heavy atom. The van der Waals surface area contributed by atoms with Gasteiger partial charge in [0.15, 0.2) is 0 Å². The van der Waals surface area contributed by atoms with E-state index in [0.717, 1.165) is 32.8 Å². The van der Waals surface area contributed by atoms with Crippen LogP contribution in [-0.4, -0.2) is 56.7 Å². The zero-order chi connectivity index (χ0) is 12.8. The molecule has 0 atom stereocenters. The van der Waals surface area contributed by atoms with Crippen LogP contribution in [0.4, 0.5) is 0 Å². The number of rotatable bonds is 6. The van der Waals surface area contributed by atoms with Crippen molar-refractivity contribution in [3.63, 3.8) is 0 Å². The van der Waals surface area contributed by atoms with Crippen LogP contribution in [0, 0.1) is 0 Å². The molecule has 0 N–H and O–H groups in total. The number of thiophene rings is 1. The fraction of sp³-hybridized carbons (Fsp3) is 0.714. The van der Waals surface area contributed by atoms with E-state index in [9.17, 15) is 0 Å². The first kappa shape index (κ1) is 14.0. The summed E-state index contributed by atoms with van der Waals surface area (Å²) in [5, 5.41) is 2.30. The van der Waals surface area contributed by atoms with Crippen LogP contribution in [0.3, 0.4) is 0 Å². The van der Waals surface area contributed by atoms with E-state index in [0.29, 0.717) is 0 Å². The van der Waals surface area contributed by atoms with Crippen molar-refractivity contribution in [3.05, 3.63) is 21.9 Å². The van der Waals surface area contributed by atoms with Gasteiger partial charge in [0, 0.05) is 24.5 Å². The molecule has 0 radical (unpaired) electrons. The predicted molar refractivity (Wildman–Crippen MR) is 77.3 cm³/mol. The Kier molecular flexibility index (Phi) is 5.63. The minimum absolute atomic E-state index is 0.909. The zero-order valence-electron chi connectivity index (χ0n) is 11.5. The number of hydrogen-bond acceptors (Lipinski definition) is 4. The molecule has 0 aromatic carbocycles. The molecular formula is C14H24N2OS. The van der Waals surface area contributed by atoms with Crippen molar-refractivity contribution >= 4 is 11.3 Å². The fourth-order valence-electron chi connectivity index (χ4n) is 2.31. The van der Waals surface area contributed by atoms with Crippen molar-refractivity contribution in [3.8, 4) is 0 Å². The Balaban J connectivity index is 1.67. The summed E-state index contributed by atoms with van der Waals surface area (Å²) in [6, 6.07) is 2.37. The van der Waals surface area contributed by atoms with E-state index in [-0.39, 0.29) is 0 Å². The monoisotopic (exact) mass is 268 g/mol. The van der Waals surface area contributed by atoms with E-state index >= 15 is 0 Å².